The van der Waals surface area contributed by atoms with E-state index in [0.29, 0.717) is 6.42 Å². The van der Waals surface area contributed by atoms with Gasteiger partial charge in [0.2, 0.25) is 0 Å². The highest BCUT2D eigenvalue weighted by Gasteiger charge is 2.12. The van der Waals surface area contributed by atoms with Gasteiger partial charge in [-0.3, -0.25) is 0 Å². The summed E-state index contributed by atoms with van der Waals surface area (Å²) in [6.07, 6.45) is 0.684. The van der Waals surface area contributed by atoms with Crippen LogP contribution in [0.1, 0.15) is 16.3 Å². The maximum absolute atomic E-state index is 5.38. The Kier molecular flexibility index (Phi) is 5.12. The van der Waals surface area contributed by atoms with Crippen LogP contribution in [0.25, 0.3) is 10.2 Å². The molecule has 142 valence electrons. The van der Waals surface area contributed by atoms with E-state index < -0.39 is 0 Å². The summed E-state index contributed by atoms with van der Waals surface area (Å²) in [7, 11) is 3.28. The number of hydrogen-bond donors (Lipinski definition) is 1. The third-order valence-electron chi connectivity index (χ3n) is 4.38. The lowest BCUT2D eigenvalue weighted by atomic mass is 10.1. The number of aromatic nitrogens is 2. The quantitative estimate of drug-likeness (QED) is 0.480. The first-order chi connectivity index (χ1) is 13.6. The number of thiophene rings is 1. The molecule has 0 saturated carbocycles. The Labute approximate surface area is 168 Å². The number of benzene rings is 2. The standard InChI is InChI=1S/C22H21N3O2S/c1-14-9-19-21(23-16-11-17(26-2)13-18(12-16)27-3)24-20(25-22(19)28-14)10-15-7-5-4-6-8-15/h4-9,11-13H,10H2,1-3H3,(H,23,24,25). The van der Waals surface area contributed by atoms with E-state index in [4.69, 9.17) is 19.4 Å². The van der Waals surface area contributed by atoms with Crippen molar-refractivity contribution in [2.75, 3.05) is 19.5 Å². The summed E-state index contributed by atoms with van der Waals surface area (Å²) >= 11 is 1.68. The SMILES string of the molecule is COc1cc(Nc2nc(Cc3ccccc3)nc3sc(C)cc23)cc(OC)c1. The molecule has 2 aromatic heterocycles. The van der Waals surface area contributed by atoms with Gasteiger partial charge in [0, 0.05) is 35.2 Å². The maximum atomic E-state index is 5.38. The topological polar surface area (TPSA) is 56.3 Å². The van der Waals surface area contributed by atoms with E-state index in [0.717, 1.165) is 39.0 Å². The molecule has 4 rings (SSSR count). The van der Waals surface area contributed by atoms with Gasteiger partial charge in [-0.1, -0.05) is 30.3 Å². The Morgan fingerprint density at radius 3 is 2.32 bits per heavy atom. The summed E-state index contributed by atoms with van der Waals surface area (Å²) < 4.78 is 10.8. The van der Waals surface area contributed by atoms with Crippen LogP contribution in [0, 0.1) is 6.92 Å². The lowest BCUT2D eigenvalue weighted by molar-refractivity contribution is 0.395. The summed E-state index contributed by atoms with van der Waals surface area (Å²) in [6, 6.07) is 18.1. The molecular formula is C22H21N3O2S. The van der Waals surface area contributed by atoms with Crippen LogP contribution in [-0.4, -0.2) is 24.2 Å². The Morgan fingerprint density at radius 2 is 1.64 bits per heavy atom. The highest BCUT2D eigenvalue weighted by molar-refractivity contribution is 7.18. The normalized spacial score (nSPS) is 10.8. The second-order valence-corrected chi connectivity index (χ2v) is 7.69. The van der Waals surface area contributed by atoms with Gasteiger partial charge in [-0.2, -0.15) is 0 Å². The first-order valence-corrected chi connectivity index (χ1v) is 9.77. The summed E-state index contributed by atoms with van der Waals surface area (Å²) in [4.78, 5) is 11.8. The minimum Gasteiger partial charge on any atom is -0.497 e. The van der Waals surface area contributed by atoms with Crippen molar-refractivity contribution >= 4 is 33.1 Å². The van der Waals surface area contributed by atoms with Crippen LogP contribution >= 0.6 is 11.3 Å². The van der Waals surface area contributed by atoms with E-state index in [2.05, 4.69) is 30.4 Å². The smallest absolute Gasteiger partial charge is 0.142 e. The summed E-state index contributed by atoms with van der Waals surface area (Å²) in [5.41, 5.74) is 2.04. The zero-order valence-corrected chi connectivity index (χ0v) is 16.8. The van der Waals surface area contributed by atoms with Gasteiger partial charge < -0.3 is 14.8 Å². The summed E-state index contributed by atoms with van der Waals surface area (Å²) in [6.45, 7) is 2.08. The van der Waals surface area contributed by atoms with Crippen molar-refractivity contribution in [2.24, 2.45) is 0 Å². The van der Waals surface area contributed by atoms with E-state index in [-0.39, 0.29) is 0 Å². The molecule has 0 atom stereocenters. The first-order valence-electron chi connectivity index (χ1n) is 8.95. The number of ether oxygens (including phenoxy) is 2. The van der Waals surface area contributed by atoms with Crippen molar-refractivity contribution < 1.29 is 9.47 Å². The van der Waals surface area contributed by atoms with Crippen LogP contribution < -0.4 is 14.8 Å². The number of aryl methyl sites for hydroxylation is 1. The fourth-order valence-corrected chi connectivity index (χ4v) is 3.95. The number of rotatable bonds is 6. The highest BCUT2D eigenvalue weighted by Crippen LogP contribution is 2.33. The molecule has 28 heavy (non-hydrogen) atoms. The molecule has 0 spiro atoms. The highest BCUT2D eigenvalue weighted by atomic mass is 32.1. The lowest BCUT2D eigenvalue weighted by Crippen LogP contribution is -2.02. The third-order valence-corrected chi connectivity index (χ3v) is 5.33. The van der Waals surface area contributed by atoms with Crippen LogP contribution in [0.3, 0.4) is 0 Å². The minimum absolute atomic E-state index is 0.684. The van der Waals surface area contributed by atoms with Gasteiger partial charge >= 0.3 is 0 Å². The number of nitrogens with one attached hydrogen (secondary N) is 1. The largest absolute Gasteiger partial charge is 0.497 e. The van der Waals surface area contributed by atoms with Crippen molar-refractivity contribution in [3.63, 3.8) is 0 Å². The second-order valence-electron chi connectivity index (χ2n) is 6.45. The second kappa shape index (κ2) is 7.86. The monoisotopic (exact) mass is 391 g/mol. The van der Waals surface area contributed by atoms with Gasteiger partial charge in [-0.15, -0.1) is 11.3 Å². The first kappa shape index (κ1) is 18.3. The van der Waals surface area contributed by atoms with E-state index >= 15 is 0 Å². The Morgan fingerprint density at radius 1 is 0.929 bits per heavy atom. The molecule has 5 nitrogen and oxygen atoms in total. The molecule has 4 aromatic rings. The van der Waals surface area contributed by atoms with Crippen LogP contribution in [0.5, 0.6) is 11.5 Å². The number of nitrogens with zero attached hydrogens (tertiary/aromatic N) is 2. The molecule has 0 unspecified atom stereocenters. The van der Waals surface area contributed by atoms with Crippen LogP contribution in [0.15, 0.2) is 54.6 Å². The molecule has 0 aliphatic rings. The van der Waals surface area contributed by atoms with Crippen molar-refractivity contribution in [2.45, 2.75) is 13.3 Å². The molecule has 0 amide bonds. The van der Waals surface area contributed by atoms with Crippen molar-refractivity contribution in [3.8, 4) is 11.5 Å². The molecule has 0 saturated heterocycles. The zero-order valence-electron chi connectivity index (χ0n) is 16.0. The van der Waals surface area contributed by atoms with E-state index in [1.807, 2.05) is 36.4 Å². The Hall–Kier alpha value is -3.12. The Balaban J connectivity index is 1.75. The fourth-order valence-electron chi connectivity index (χ4n) is 3.06. The Bertz CT molecular complexity index is 1090. The fraction of sp³-hybridized carbons (Fsp3) is 0.182. The molecule has 1 N–H and O–H groups in total. The molecule has 0 aliphatic heterocycles. The van der Waals surface area contributed by atoms with Gasteiger partial charge in [0.05, 0.1) is 19.6 Å². The average Bonchev–Trinajstić information content (AvgIpc) is 3.09. The van der Waals surface area contributed by atoms with Crippen molar-refractivity contribution in [3.05, 3.63) is 70.9 Å². The molecule has 2 heterocycles. The van der Waals surface area contributed by atoms with Gasteiger partial charge in [-0.05, 0) is 18.6 Å². The van der Waals surface area contributed by atoms with Crippen LogP contribution in [0.4, 0.5) is 11.5 Å². The number of methoxy groups -OCH3 is 2. The summed E-state index contributed by atoms with van der Waals surface area (Å²) in [5, 5.41) is 4.45. The van der Waals surface area contributed by atoms with E-state index in [1.165, 1.54) is 10.4 Å². The molecule has 0 fully saturated rings. The van der Waals surface area contributed by atoms with Gasteiger partial charge in [0.15, 0.2) is 0 Å². The molecular weight excluding hydrogens is 370 g/mol. The number of fused-ring (bicyclic) bond motifs is 1. The predicted octanol–water partition coefficient (Wildman–Crippen LogP) is 5.35. The molecule has 0 radical (unpaired) electrons. The summed E-state index contributed by atoms with van der Waals surface area (Å²) in [5.74, 6) is 3.02. The van der Waals surface area contributed by atoms with Gasteiger partial charge in [0.1, 0.15) is 28.0 Å². The molecule has 6 heteroatoms. The molecule has 0 bridgehead atoms. The maximum Gasteiger partial charge on any atom is 0.142 e. The minimum atomic E-state index is 0.684. The molecule has 0 aliphatic carbocycles. The predicted molar refractivity (Wildman–Crippen MR) is 114 cm³/mol. The average molecular weight is 391 g/mol. The number of hydrogen-bond acceptors (Lipinski definition) is 6. The molecule has 2 aromatic carbocycles. The van der Waals surface area contributed by atoms with Gasteiger partial charge in [0.25, 0.3) is 0 Å². The zero-order chi connectivity index (χ0) is 19.5. The third kappa shape index (κ3) is 3.92. The van der Waals surface area contributed by atoms with Crippen molar-refractivity contribution in [1.29, 1.82) is 0 Å². The van der Waals surface area contributed by atoms with Crippen LogP contribution in [-0.2, 0) is 6.42 Å². The van der Waals surface area contributed by atoms with Gasteiger partial charge in [-0.25, -0.2) is 9.97 Å². The number of anilines is 2. The van der Waals surface area contributed by atoms with Crippen LogP contribution in [0.2, 0.25) is 0 Å². The van der Waals surface area contributed by atoms with E-state index in [9.17, 15) is 0 Å². The lowest BCUT2D eigenvalue weighted by Gasteiger charge is -2.12. The van der Waals surface area contributed by atoms with E-state index in [1.54, 1.807) is 25.6 Å². The van der Waals surface area contributed by atoms with Crippen molar-refractivity contribution in [1.82, 2.24) is 9.97 Å².